The van der Waals surface area contributed by atoms with Gasteiger partial charge in [-0.2, -0.15) is 0 Å². The van der Waals surface area contributed by atoms with E-state index in [0.717, 1.165) is 11.3 Å². The lowest BCUT2D eigenvalue weighted by molar-refractivity contribution is -0.385. The Morgan fingerprint density at radius 2 is 2.05 bits per heavy atom. The first-order valence-corrected chi connectivity index (χ1v) is 7.52. The molecule has 0 spiro atoms. The van der Waals surface area contributed by atoms with Crippen LogP contribution in [0.25, 0.3) is 0 Å². The molecule has 2 aromatic carbocycles. The van der Waals surface area contributed by atoms with Crippen molar-refractivity contribution in [3.63, 3.8) is 0 Å². The summed E-state index contributed by atoms with van der Waals surface area (Å²) >= 11 is 9.36. The van der Waals surface area contributed by atoms with Gasteiger partial charge in [0.05, 0.1) is 4.92 Å². The molecule has 21 heavy (non-hydrogen) atoms. The Kier molecular flexibility index (Phi) is 4.85. The van der Waals surface area contributed by atoms with E-state index in [-0.39, 0.29) is 16.7 Å². The Labute approximate surface area is 136 Å². The third-order valence-corrected chi connectivity index (χ3v) is 4.09. The van der Waals surface area contributed by atoms with Crippen molar-refractivity contribution in [2.45, 2.75) is 19.9 Å². The fraction of sp³-hybridized carbons (Fsp3) is 0.200. The number of hydrogen-bond acceptors (Lipinski definition) is 3. The molecule has 0 aliphatic rings. The molecule has 0 aromatic heterocycles. The molecule has 0 fully saturated rings. The van der Waals surface area contributed by atoms with Gasteiger partial charge < -0.3 is 5.32 Å². The number of nitro benzene ring substituents is 1. The van der Waals surface area contributed by atoms with Gasteiger partial charge in [0.1, 0.15) is 0 Å². The average molecular weight is 370 g/mol. The van der Waals surface area contributed by atoms with Crippen molar-refractivity contribution in [2.75, 3.05) is 5.32 Å². The fourth-order valence-electron chi connectivity index (χ4n) is 2.07. The summed E-state index contributed by atoms with van der Waals surface area (Å²) in [6.07, 6.45) is 0. The molecule has 0 saturated heterocycles. The quantitative estimate of drug-likeness (QED) is 0.572. The molecule has 0 amide bonds. The Bertz CT molecular complexity index is 691. The highest BCUT2D eigenvalue weighted by molar-refractivity contribution is 9.10. The molecule has 4 nitrogen and oxygen atoms in total. The SMILES string of the molecule is Cc1cc(NC(C)c2cccc(Cl)c2)c(Br)cc1[N+](=O)[O-]. The van der Waals surface area contributed by atoms with E-state index in [1.54, 1.807) is 13.0 Å². The van der Waals surface area contributed by atoms with Gasteiger partial charge in [0.15, 0.2) is 0 Å². The molecule has 2 aromatic rings. The second kappa shape index (κ2) is 6.45. The van der Waals surface area contributed by atoms with Crippen LogP contribution in [0.1, 0.15) is 24.1 Å². The van der Waals surface area contributed by atoms with Crippen LogP contribution in [-0.2, 0) is 0 Å². The van der Waals surface area contributed by atoms with Crippen molar-refractivity contribution < 1.29 is 4.92 Å². The smallest absolute Gasteiger partial charge is 0.273 e. The van der Waals surface area contributed by atoms with Crippen molar-refractivity contribution >= 4 is 38.9 Å². The van der Waals surface area contributed by atoms with Gasteiger partial charge in [-0.25, -0.2) is 0 Å². The zero-order valence-electron chi connectivity index (χ0n) is 11.6. The van der Waals surface area contributed by atoms with Crippen molar-refractivity contribution in [1.82, 2.24) is 0 Å². The van der Waals surface area contributed by atoms with Gasteiger partial charge in [-0.1, -0.05) is 23.7 Å². The van der Waals surface area contributed by atoms with Crippen LogP contribution in [0, 0.1) is 17.0 Å². The molecule has 1 unspecified atom stereocenters. The largest absolute Gasteiger partial charge is 0.378 e. The van der Waals surface area contributed by atoms with E-state index in [2.05, 4.69) is 21.2 Å². The van der Waals surface area contributed by atoms with Crippen molar-refractivity contribution in [3.8, 4) is 0 Å². The van der Waals surface area contributed by atoms with Crippen LogP contribution in [0.2, 0.25) is 5.02 Å². The minimum atomic E-state index is -0.385. The van der Waals surface area contributed by atoms with Crippen LogP contribution in [0.4, 0.5) is 11.4 Å². The highest BCUT2D eigenvalue weighted by Gasteiger charge is 2.15. The first kappa shape index (κ1) is 15.8. The molecule has 0 saturated carbocycles. The fourth-order valence-corrected chi connectivity index (χ4v) is 2.72. The van der Waals surface area contributed by atoms with Crippen LogP contribution in [0.5, 0.6) is 0 Å². The minimum absolute atomic E-state index is 0.0286. The maximum Gasteiger partial charge on any atom is 0.273 e. The summed E-state index contributed by atoms with van der Waals surface area (Å²) < 4.78 is 0.661. The highest BCUT2D eigenvalue weighted by atomic mass is 79.9. The van der Waals surface area contributed by atoms with Gasteiger partial charge in [-0.05, 0) is 53.5 Å². The molecule has 110 valence electrons. The van der Waals surface area contributed by atoms with E-state index < -0.39 is 0 Å². The van der Waals surface area contributed by atoms with Crippen LogP contribution >= 0.6 is 27.5 Å². The molecule has 0 heterocycles. The van der Waals surface area contributed by atoms with Gasteiger partial charge in [-0.15, -0.1) is 0 Å². The van der Waals surface area contributed by atoms with E-state index in [1.807, 2.05) is 31.2 Å². The summed E-state index contributed by atoms with van der Waals surface area (Å²) in [4.78, 5) is 10.5. The number of rotatable bonds is 4. The third kappa shape index (κ3) is 3.74. The Morgan fingerprint density at radius 1 is 1.33 bits per heavy atom. The summed E-state index contributed by atoms with van der Waals surface area (Å²) in [6.45, 7) is 3.73. The van der Waals surface area contributed by atoms with Crippen LogP contribution in [0.15, 0.2) is 40.9 Å². The summed E-state index contributed by atoms with van der Waals surface area (Å²) in [5.74, 6) is 0. The Hall–Kier alpha value is -1.59. The number of nitrogens with zero attached hydrogens (tertiary/aromatic N) is 1. The summed E-state index contributed by atoms with van der Waals surface area (Å²) in [7, 11) is 0. The lowest BCUT2D eigenvalue weighted by atomic mass is 10.1. The van der Waals surface area contributed by atoms with Gasteiger partial charge in [0, 0.05) is 32.9 Å². The third-order valence-electron chi connectivity index (χ3n) is 3.20. The molecular weight excluding hydrogens is 356 g/mol. The second-order valence-corrected chi connectivity index (χ2v) is 6.09. The number of aryl methyl sites for hydroxylation is 1. The number of halogens is 2. The monoisotopic (exact) mass is 368 g/mol. The summed E-state index contributed by atoms with van der Waals surface area (Å²) in [5.41, 5.74) is 2.57. The van der Waals surface area contributed by atoms with Crippen molar-refractivity contribution in [3.05, 3.63) is 67.1 Å². The Balaban J connectivity index is 2.27. The Morgan fingerprint density at radius 3 is 2.67 bits per heavy atom. The zero-order valence-corrected chi connectivity index (χ0v) is 13.9. The van der Waals surface area contributed by atoms with Crippen LogP contribution in [-0.4, -0.2) is 4.92 Å². The first-order chi connectivity index (χ1) is 9.88. The van der Waals surface area contributed by atoms with E-state index in [9.17, 15) is 10.1 Å². The maximum atomic E-state index is 10.9. The number of nitro groups is 1. The number of nitrogens with one attached hydrogen (secondary N) is 1. The standard InChI is InChI=1S/C15H14BrClN2O2/c1-9-6-14(13(16)8-15(9)19(20)21)18-10(2)11-4-3-5-12(17)7-11/h3-8,10,18H,1-2H3. The maximum absolute atomic E-state index is 10.9. The summed E-state index contributed by atoms with van der Waals surface area (Å²) in [5, 5.41) is 14.9. The van der Waals surface area contributed by atoms with E-state index in [4.69, 9.17) is 11.6 Å². The van der Waals surface area contributed by atoms with Crippen LogP contribution in [0.3, 0.4) is 0 Å². The lowest BCUT2D eigenvalue weighted by Crippen LogP contribution is -2.07. The number of benzene rings is 2. The molecule has 0 radical (unpaired) electrons. The average Bonchev–Trinajstić information content (AvgIpc) is 2.42. The van der Waals surface area contributed by atoms with Gasteiger partial charge >= 0.3 is 0 Å². The zero-order chi connectivity index (χ0) is 15.6. The van der Waals surface area contributed by atoms with Crippen molar-refractivity contribution in [2.24, 2.45) is 0 Å². The minimum Gasteiger partial charge on any atom is -0.378 e. The molecule has 0 bridgehead atoms. The normalized spacial score (nSPS) is 12.0. The molecule has 1 N–H and O–H groups in total. The first-order valence-electron chi connectivity index (χ1n) is 6.35. The highest BCUT2D eigenvalue weighted by Crippen LogP contribution is 2.33. The molecular formula is C15H14BrClN2O2. The van der Waals surface area contributed by atoms with Gasteiger partial charge in [-0.3, -0.25) is 10.1 Å². The summed E-state index contributed by atoms with van der Waals surface area (Å²) in [6, 6.07) is 10.9. The van der Waals surface area contributed by atoms with Gasteiger partial charge in [0.2, 0.25) is 0 Å². The lowest BCUT2D eigenvalue weighted by Gasteiger charge is -2.17. The number of anilines is 1. The predicted octanol–water partition coefficient (Wildman–Crippen LogP) is 5.49. The van der Waals surface area contributed by atoms with Crippen molar-refractivity contribution in [1.29, 1.82) is 0 Å². The molecule has 0 aliphatic heterocycles. The van der Waals surface area contributed by atoms with Gasteiger partial charge in [0.25, 0.3) is 5.69 Å². The molecule has 1 atom stereocenters. The van der Waals surface area contributed by atoms with E-state index in [0.29, 0.717) is 15.1 Å². The number of hydrogen-bond donors (Lipinski definition) is 1. The van der Waals surface area contributed by atoms with Crippen LogP contribution < -0.4 is 5.32 Å². The molecule has 6 heteroatoms. The molecule has 2 rings (SSSR count). The van der Waals surface area contributed by atoms with E-state index in [1.165, 1.54) is 6.07 Å². The predicted molar refractivity (Wildman–Crippen MR) is 89.0 cm³/mol. The van der Waals surface area contributed by atoms with E-state index >= 15 is 0 Å². The molecule has 0 aliphatic carbocycles. The topological polar surface area (TPSA) is 55.2 Å². The second-order valence-electron chi connectivity index (χ2n) is 4.80.